The van der Waals surface area contributed by atoms with Crippen molar-refractivity contribution in [2.24, 2.45) is 0 Å². The van der Waals surface area contributed by atoms with Crippen LogP contribution < -0.4 is 4.72 Å². The highest BCUT2D eigenvalue weighted by molar-refractivity contribution is 9.10. The van der Waals surface area contributed by atoms with Crippen LogP contribution in [0, 0.1) is 6.92 Å². The second kappa shape index (κ2) is 6.68. The first-order valence-corrected chi connectivity index (χ1v) is 9.58. The average Bonchev–Trinajstić information content (AvgIpc) is 2.39. The van der Waals surface area contributed by atoms with E-state index in [4.69, 9.17) is 5.11 Å². The van der Waals surface area contributed by atoms with Crippen molar-refractivity contribution in [3.05, 3.63) is 27.7 Å². The maximum atomic E-state index is 12.4. The first-order chi connectivity index (χ1) is 9.50. The van der Waals surface area contributed by atoms with Crippen LogP contribution in [-0.4, -0.2) is 37.0 Å². The van der Waals surface area contributed by atoms with Gasteiger partial charge in [-0.2, -0.15) is 11.8 Å². The Morgan fingerprint density at radius 2 is 2.00 bits per heavy atom. The summed E-state index contributed by atoms with van der Waals surface area (Å²) in [7, 11) is -3.79. The van der Waals surface area contributed by atoms with E-state index in [1.165, 1.54) is 6.07 Å². The minimum atomic E-state index is -3.79. The van der Waals surface area contributed by atoms with Crippen LogP contribution in [0.3, 0.4) is 0 Å². The summed E-state index contributed by atoms with van der Waals surface area (Å²) in [4.78, 5) is 11.0. The Balaban J connectivity index is 3.22. The van der Waals surface area contributed by atoms with E-state index >= 15 is 0 Å². The number of hydrogen-bond acceptors (Lipinski definition) is 4. The number of sulfonamides is 1. The summed E-state index contributed by atoms with van der Waals surface area (Å²) in [6.07, 6.45) is 1.90. The van der Waals surface area contributed by atoms with Crippen molar-refractivity contribution in [2.75, 3.05) is 12.8 Å². The molecule has 5 nitrogen and oxygen atoms in total. The molecule has 0 aliphatic rings. The van der Waals surface area contributed by atoms with Gasteiger partial charge in [-0.1, -0.05) is 0 Å². The molecule has 0 saturated heterocycles. The smallest absolute Gasteiger partial charge is 0.335 e. The van der Waals surface area contributed by atoms with E-state index in [1.807, 2.05) is 20.1 Å². The normalized spacial score (nSPS) is 12.4. The molecule has 0 spiro atoms. The zero-order chi connectivity index (χ0) is 16.4. The minimum Gasteiger partial charge on any atom is -0.478 e. The van der Waals surface area contributed by atoms with Crippen molar-refractivity contribution in [1.82, 2.24) is 4.72 Å². The summed E-state index contributed by atoms with van der Waals surface area (Å²) >= 11 is 4.77. The van der Waals surface area contributed by atoms with Crippen LogP contribution in [0.5, 0.6) is 0 Å². The Morgan fingerprint density at radius 1 is 1.43 bits per heavy atom. The third-order valence-electron chi connectivity index (χ3n) is 3.00. The van der Waals surface area contributed by atoms with Crippen molar-refractivity contribution in [3.8, 4) is 0 Å². The van der Waals surface area contributed by atoms with Crippen LogP contribution in [-0.2, 0) is 10.0 Å². The molecule has 0 aliphatic carbocycles. The molecular formula is C13H18BrNO4S2. The van der Waals surface area contributed by atoms with Gasteiger partial charge in [0, 0.05) is 15.8 Å². The molecule has 0 saturated carbocycles. The van der Waals surface area contributed by atoms with Crippen LogP contribution in [0.15, 0.2) is 21.5 Å². The fourth-order valence-electron chi connectivity index (χ4n) is 1.47. The molecule has 0 aliphatic heterocycles. The van der Waals surface area contributed by atoms with E-state index in [0.717, 1.165) is 6.07 Å². The maximum absolute atomic E-state index is 12.4. The molecule has 0 unspecified atom stereocenters. The molecular weight excluding hydrogens is 378 g/mol. The number of nitrogens with one attached hydrogen (secondary N) is 1. The number of hydrogen-bond donors (Lipinski definition) is 2. The lowest BCUT2D eigenvalue weighted by molar-refractivity contribution is 0.0696. The first-order valence-electron chi connectivity index (χ1n) is 6.08. The lowest BCUT2D eigenvalue weighted by atomic mass is 10.1. The monoisotopic (exact) mass is 395 g/mol. The average molecular weight is 396 g/mol. The van der Waals surface area contributed by atoms with Gasteiger partial charge in [0.1, 0.15) is 0 Å². The van der Waals surface area contributed by atoms with E-state index in [9.17, 15) is 13.2 Å². The minimum absolute atomic E-state index is 0.0554. The molecule has 0 heterocycles. The highest BCUT2D eigenvalue weighted by Crippen LogP contribution is 2.28. The van der Waals surface area contributed by atoms with Crippen LogP contribution in [0.4, 0.5) is 0 Å². The predicted octanol–water partition coefficient (Wildman–Crippen LogP) is 2.88. The lowest BCUT2D eigenvalue weighted by Crippen LogP contribution is -2.36. The first kappa shape index (κ1) is 18.5. The summed E-state index contributed by atoms with van der Waals surface area (Å²) in [6.45, 7) is 5.75. The summed E-state index contributed by atoms with van der Waals surface area (Å²) in [5.74, 6) is -1.16. The number of carboxylic acid groups (broad SMARTS) is 1. The number of aryl methyl sites for hydroxylation is 1. The van der Waals surface area contributed by atoms with Gasteiger partial charge < -0.3 is 5.11 Å². The van der Waals surface area contributed by atoms with Crippen LogP contribution in [0.1, 0.15) is 29.8 Å². The Hall–Kier alpha value is -0.570. The number of halogens is 1. The van der Waals surface area contributed by atoms with E-state index in [2.05, 4.69) is 20.7 Å². The molecule has 1 aromatic carbocycles. The number of rotatable bonds is 6. The van der Waals surface area contributed by atoms with Gasteiger partial charge >= 0.3 is 5.97 Å². The topological polar surface area (TPSA) is 83.5 Å². The standard InChI is InChI=1S/C13H18BrNO4S2/c1-8-5-9(12(16)17)6-10(11(8)14)21(18,19)15-7-13(2,3)20-4/h5-6,15H,7H2,1-4H3,(H,16,17). The molecule has 0 amide bonds. The van der Waals surface area contributed by atoms with Crippen molar-refractivity contribution >= 4 is 43.7 Å². The molecule has 2 N–H and O–H groups in total. The summed E-state index contributed by atoms with van der Waals surface area (Å²) in [5.41, 5.74) is 0.500. The predicted molar refractivity (Wildman–Crippen MR) is 88.6 cm³/mol. The number of carbonyl (C=O) groups is 1. The lowest BCUT2D eigenvalue weighted by Gasteiger charge is -2.22. The maximum Gasteiger partial charge on any atom is 0.335 e. The second-order valence-electron chi connectivity index (χ2n) is 5.20. The molecule has 21 heavy (non-hydrogen) atoms. The van der Waals surface area contributed by atoms with Crippen LogP contribution in [0.2, 0.25) is 0 Å². The van der Waals surface area contributed by atoms with E-state index in [-0.39, 0.29) is 21.8 Å². The third-order valence-corrected chi connectivity index (χ3v) is 6.99. The fraction of sp³-hybridized carbons (Fsp3) is 0.462. The molecule has 8 heteroatoms. The summed E-state index contributed by atoms with van der Waals surface area (Å²) < 4.78 is 27.5. The van der Waals surface area contributed by atoms with Crippen molar-refractivity contribution in [1.29, 1.82) is 0 Å². The van der Waals surface area contributed by atoms with Gasteiger partial charge in [0.25, 0.3) is 0 Å². The van der Waals surface area contributed by atoms with Crippen molar-refractivity contribution in [3.63, 3.8) is 0 Å². The van der Waals surface area contributed by atoms with Crippen LogP contribution in [0.25, 0.3) is 0 Å². The SMILES string of the molecule is CSC(C)(C)CNS(=O)(=O)c1cc(C(=O)O)cc(C)c1Br. The Bertz CT molecular complexity index is 656. The number of carboxylic acids is 1. The van der Waals surface area contributed by atoms with E-state index < -0.39 is 16.0 Å². The highest BCUT2D eigenvalue weighted by atomic mass is 79.9. The molecule has 1 rings (SSSR count). The van der Waals surface area contributed by atoms with Crippen LogP contribution >= 0.6 is 27.7 Å². The zero-order valence-electron chi connectivity index (χ0n) is 12.2. The summed E-state index contributed by atoms with van der Waals surface area (Å²) in [5, 5.41) is 9.05. The van der Waals surface area contributed by atoms with Crippen molar-refractivity contribution < 1.29 is 18.3 Å². The summed E-state index contributed by atoms with van der Waals surface area (Å²) in [6, 6.07) is 2.59. The zero-order valence-corrected chi connectivity index (χ0v) is 15.4. The number of aromatic carboxylic acids is 1. The second-order valence-corrected chi connectivity index (χ2v) is 9.24. The molecule has 0 bridgehead atoms. The Kier molecular flexibility index (Phi) is 5.88. The van der Waals surface area contributed by atoms with Gasteiger partial charge in [-0.3, -0.25) is 0 Å². The molecule has 0 atom stereocenters. The van der Waals surface area contributed by atoms with Crippen molar-refractivity contribution in [2.45, 2.75) is 30.4 Å². The number of benzene rings is 1. The molecule has 1 aromatic rings. The van der Waals surface area contributed by atoms with Gasteiger partial charge in [0.15, 0.2) is 0 Å². The molecule has 0 aromatic heterocycles. The quantitative estimate of drug-likeness (QED) is 0.773. The molecule has 0 fully saturated rings. The van der Waals surface area contributed by atoms with Gasteiger partial charge in [-0.15, -0.1) is 0 Å². The van der Waals surface area contributed by atoms with Gasteiger partial charge in [-0.25, -0.2) is 17.9 Å². The Morgan fingerprint density at radius 3 is 2.48 bits per heavy atom. The highest BCUT2D eigenvalue weighted by Gasteiger charge is 2.25. The Labute approximate surface area is 137 Å². The van der Waals surface area contributed by atoms with E-state index in [1.54, 1.807) is 18.7 Å². The van der Waals surface area contributed by atoms with Gasteiger partial charge in [0.2, 0.25) is 10.0 Å². The largest absolute Gasteiger partial charge is 0.478 e. The van der Waals surface area contributed by atoms with E-state index in [0.29, 0.717) is 10.0 Å². The third kappa shape index (κ3) is 4.70. The molecule has 118 valence electrons. The van der Waals surface area contributed by atoms with Gasteiger partial charge in [-0.05, 0) is 60.7 Å². The van der Waals surface area contributed by atoms with Gasteiger partial charge in [0.05, 0.1) is 10.5 Å². The molecule has 0 radical (unpaired) electrons. The fourth-order valence-corrected chi connectivity index (χ4v) is 4.04. The number of thioether (sulfide) groups is 1.